The summed E-state index contributed by atoms with van der Waals surface area (Å²) in [6.45, 7) is 0. The third kappa shape index (κ3) is 6.36. The van der Waals surface area contributed by atoms with Crippen LogP contribution in [0.15, 0.2) is 205 Å². The molecule has 0 fully saturated rings. The second-order valence-electron chi connectivity index (χ2n) is 13.7. The molecule has 0 unspecified atom stereocenters. The largest absolute Gasteiger partial charge is 0.456 e. The number of nitrogens with zero attached hydrogens (tertiary/aromatic N) is 3. The number of hydrogen-bond acceptors (Lipinski definition) is 4. The van der Waals surface area contributed by atoms with E-state index in [9.17, 15) is 0 Å². The Kier molecular flexibility index (Phi) is 8.12. The Morgan fingerprint density at radius 1 is 0.236 bits per heavy atom. The van der Waals surface area contributed by atoms with E-state index >= 15 is 0 Å². The first-order valence-corrected chi connectivity index (χ1v) is 18.4. The van der Waals surface area contributed by atoms with E-state index in [0.29, 0.717) is 17.5 Å². The van der Waals surface area contributed by atoms with Crippen molar-refractivity contribution in [2.24, 2.45) is 0 Å². The average Bonchev–Trinajstić information content (AvgIpc) is 3.65. The Balaban J connectivity index is 0.979. The van der Waals surface area contributed by atoms with Crippen molar-refractivity contribution in [2.45, 2.75) is 0 Å². The lowest BCUT2D eigenvalue weighted by molar-refractivity contribution is 0.669. The van der Waals surface area contributed by atoms with Gasteiger partial charge in [0, 0.05) is 27.5 Å². The van der Waals surface area contributed by atoms with Crippen molar-refractivity contribution >= 4 is 21.9 Å². The highest BCUT2D eigenvalue weighted by atomic mass is 16.3. The highest BCUT2D eigenvalue weighted by Gasteiger charge is 2.16. The summed E-state index contributed by atoms with van der Waals surface area (Å²) in [6.07, 6.45) is 0. The Hall–Kier alpha value is -7.43. The lowest BCUT2D eigenvalue weighted by Gasteiger charge is -2.09. The molecule has 0 saturated carbocycles. The predicted molar refractivity (Wildman–Crippen MR) is 225 cm³/mol. The van der Waals surface area contributed by atoms with Gasteiger partial charge in [-0.2, -0.15) is 0 Å². The number of fused-ring (bicyclic) bond motifs is 3. The molecule has 4 heteroatoms. The zero-order valence-corrected chi connectivity index (χ0v) is 29.8. The zero-order chi connectivity index (χ0) is 36.6. The molecule has 8 aromatic carbocycles. The fourth-order valence-electron chi connectivity index (χ4n) is 7.26. The van der Waals surface area contributed by atoms with Crippen LogP contribution < -0.4 is 0 Å². The van der Waals surface area contributed by atoms with Crippen LogP contribution in [0.4, 0.5) is 0 Å². The topological polar surface area (TPSA) is 51.8 Å². The van der Waals surface area contributed by atoms with E-state index in [0.717, 1.165) is 60.9 Å². The van der Waals surface area contributed by atoms with E-state index < -0.39 is 0 Å². The van der Waals surface area contributed by atoms with Gasteiger partial charge in [0.1, 0.15) is 11.2 Å². The second-order valence-corrected chi connectivity index (χ2v) is 13.7. The molecule has 0 atom stereocenters. The van der Waals surface area contributed by atoms with Gasteiger partial charge in [-0.15, -0.1) is 0 Å². The Morgan fingerprint density at radius 2 is 0.618 bits per heavy atom. The van der Waals surface area contributed by atoms with Crippen molar-refractivity contribution in [3.8, 4) is 78.7 Å². The predicted octanol–water partition coefficient (Wildman–Crippen LogP) is 13.4. The Bertz CT molecular complexity index is 2940. The molecule has 2 heterocycles. The van der Waals surface area contributed by atoms with Crippen LogP contribution in [0, 0.1) is 0 Å². The normalized spacial score (nSPS) is 11.3. The van der Waals surface area contributed by atoms with E-state index in [1.807, 2.05) is 48.5 Å². The third-order valence-electron chi connectivity index (χ3n) is 10.2. The van der Waals surface area contributed by atoms with E-state index in [1.54, 1.807) is 0 Å². The van der Waals surface area contributed by atoms with Crippen LogP contribution in [-0.4, -0.2) is 15.0 Å². The Morgan fingerprint density at radius 3 is 1.20 bits per heavy atom. The maximum absolute atomic E-state index is 6.45. The zero-order valence-electron chi connectivity index (χ0n) is 29.8. The van der Waals surface area contributed by atoms with E-state index in [-0.39, 0.29) is 0 Å². The van der Waals surface area contributed by atoms with Crippen molar-refractivity contribution in [3.63, 3.8) is 0 Å². The molecular weight excluding hydrogens is 671 g/mol. The van der Waals surface area contributed by atoms with Gasteiger partial charge < -0.3 is 4.42 Å². The summed E-state index contributed by atoms with van der Waals surface area (Å²) in [4.78, 5) is 15.0. The van der Waals surface area contributed by atoms with Crippen LogP contribution in [0.3, 0.4) is 0 Å². The molecule has 0 aliphatic rings. The molecule has 0 aliphatic carbocycles. The molecule has 10 rings (SSSR count). The molecule has 0 saturated heterocycles. The third-order valence-corrected chi connectivity index (χ3v) is 10.2. The number of hydrogen-bond donors (Lipinski definition) is 0. The summed E-state index contributed by atoms with van der Waals surface area (Å²) < 4.78 is 6.45. The number of furan rings is 1. The minimum absolute atomic E-state index is 0.590. The van der Waals surface area contributed by atoms with Crippen molar-refractivity contribution in [3.05, 3.63) is 200 Å². The first-order valence-electron chi connectivity index (χ1n) is 18.4. The SMILES string of the molecule is c1ccc(-c2ccc(-c3ccc(-c4ccc5oc6cc(-c7nc(-c8ccccc8)nc(-c8cccc(-c9ccccc9)c8)n7)ccc6c5c4)cc3)cc2)cc1. The molecule has 55 heavy (non-hydrogen) atoms. The first kappa shape index (κ1) is 32.2. The van der Waals surface area contributed by atoms with Gasteiger partial charge in [0.15, 0.2) is 17.5 Å². The van der Waals surface area contributed by atoms with Crippen molar-refractivity contribution in [2.75, 3.05) is 0 Å². The lowest BCUT2D eigenvalue weighted by Crippen LogP contribution is -2.00. The summed E-state index contributed by atoms with van der Waals surface area (Å²) in [5.41, 5.74) is 13.7. The summed E-state index contributed by atoms with van der Waals surface area (Å²) in [7, 11) is 0. The fraction of sp³-hybridized carbons (Fsp3) is 0. The minimum Gasteiger partial charge on any atom is -0.456 e. The van der Waals surface area contributed by atoms with Gasteiger partial charge in [0.25, 0.3) is 0 Å². The number of rotatable bonds is 7. The molecule has 10 aromatic rings. The standard InChI is InChI=1S/C51H33N3O/c1-4-11-34(12-5-1)36-19-21-37(22-20-36)38-23-25-39(26-24-38)42-28-30-47-46(32-42)45-29-27-44(33-48(45)55-47)51-53-49(40-15-8-3-9-16-40)52-50(54-51)43-18-10-17-41(31-43)35-13-6-2-7-14-35/h1-33H. The van der Waals surface area contributed by atoms with Gasteiger partial charge in [0.2, 0.25) is 0 Å². The number of aromatic nitrogens is 3. The van der Waals surface area contributed by atoms with Crippen molar-refractivity contribution in [1.82, 2.24) is 15.0 Å². The highest BCUT2D eigenvalue weighted by Crippen LogP contribution is 2.36. The fourth-order valence-corrected chi connectivity index (χ4v) is 7.26. The maximum atomic E-state index is 6.45. The van der Waals surface area contributed by atoms with Crippen LogP contribution in [0.25, 0.3) is 101 Å². The van der Waals surface area contributed by atoms with Crippen molar-refractivity contribution in [1.29, 1.82) is 0 Å². The number of benzene rings is 8. The van der Waals surface area contributed by atoms with E-state index in [2.05, 4.69) is 152 Å². The summed E-state index contributed by atoms with van der Waals surface area (Å²) in [5.74, 6) is 1.83. The lowest BCUT2D eigenvalue weighted by atomic mass is 9.97. The van der Waals surface area contributed by atoms with Crippen LogP contribution in [0.5, 0.6) is 0 Å². The monoisotopic (exact) mass is 703 g/mol. The highest BCUT2D eigenvalue weighted by molar-refractivity contribution is 6.07. The smallest absolute Gasteiger partial charge is 0.164 e. The second kappa shape index (κ2) is 13.8. The van der Waals surface area contributed by atoms with Crippen molar-refractivity contribution < 1.29 is 4.42 Å². The quantitative estimate of drug-likeness (QED) is 0.166. The average molecular weight is 704 g/mol. The molecule has 0 amide bonds. The van der Waals surface area contributed by atoms with Gasteiger partial charge in [-0.05, 0) is 74.8 Å². The summed E-state index contributed by atoms with van der Waals surface area (Å²) >= 11 is 0. The molecule has 0 aliphatic heterocycles. The molecular formula is C51H33N3O. The molecule has 2 aromatic heterocycles. The van der Waals surface area contributed by atoms with Crippen LogP contribution in [-0.2, 0) is 0 Å². The van der Waals surface area contributed by atoms with Crippen LogP contribution >= 0.6 is 0 Å². The Labute approximate surface area is 319 Å². The first-order chi connectivity index (χ1) is 27.2. The molecule has 258 valence electrons. The van der Waals surface area contributed by atoms with Gasteiger partial charge in [-0.25, -0.2) is 15.0 Å². The van der Waals surface area contributed by atoms with Gasteiger partial charge >= 0.3 is 0 Å². The van der Waals surface area contributed by atoms with Crippen LogP contribution in [0.1, 0.15) is 0 Å². The van der Waals surface area contributed by atoms with Gasteiger partial charge in [-0.1, -0.05) is 170 Å². The molecule has 0 radical (unpaired) electrons. The molecule has 4 nitrogen and oxygen atoms in total. The van der Waals surface area contributed by atoms with Gasteiger partial charge in [0.05, 0.1) is 0 Å². The molecule has 0 spiro atoms. The van der Waals surface area contributed by atoms with Crippen LogP contribution in [0.2, 0.25) is 0 Å². The maximum Gasteiger partial charge on any atom is 0.164 e. The molecule has 0 N–H and O–H groups in total. The summed E-state index contributed by atoms with van der Waals surface area (Å²) in [6, 6.07) is 69.4. The molecule has 0 bridgehead atoms. The van der Waals surface area contributed by atoms with Gasteiger partial charge in [-0.3, -0.25) is 0 Å². The van der Waals surface area contributed by atoms with E-state index in [1.165, 1.54) is 22.3 Å². The summed E-state index contributed by atoms with van der Waals surface area (Å²) in [5, 5.41) is 2.11. The minimum atomic E-state index is 0.590. The van der Waals surface area contributed by atoms with E-state index in [4.69, 9.17) is 19.4 Å².